The Kier molecular flexibility index (Phi) is 7.45. The van der Waals surface area contributed by atoms with Crippen molar-refractivity contribution in [3.05, 3.63) is 76.0 Å². The van der Waals surface area contributed by atoms with Crippen molar-refractivity contribution >= 4 is 27.6 Å². The SMILES string of the molecule is Cc1cc(C)c(CCOC(=O)CNC2=C(c3ccccc3)S(O)(O)N(C(C)(C)C)C2=O)c(C)c1. The summed E-state index contributed by atoms with van der Waals surface area (Å²) in [5, 5.41) is 2.83. The van der Waals surface area contributed by atoms with Crippen molar-refractivity contribution in [2.45, 2.75) is 53.5 Å². The standard InChI is InChI=1S/C26H34N2O5S/c1-17-14-18(2)21(19(3)15-17)12-13-33-22(29)16-27-23-24(20-10-8-7-9-11-20)34(31,32)28(25(23)30)26(4,5)6/h7-11,14-15,27,31-32H,12-13,16H2,1-6H3. The number of benzene rings is 2. The molecule has 0 saturated carbocycles. The Morgan fingerprint density at radius 3 is 2.21 bits per heavy atom. The van der Waals surface area contributed by atoms with E-state index in [1.54, 1.807) is 51.1 Å². The third kappa shape index (κ3) is 5.29. The Bertz CT molecular complexity index is 1100. The first-order valence-electron chi connectivity index (χ1n) is 11.2. The number of hydrogen-bond donors (Lipinski definition) is 3. The molecule has 2 aromatic carbocycles. The minimum Gasteiger partial charge on any atom is -0.464 e. The summed E-state index contributed by atoms with van der Waals surface area (Å²) in [6.07, 6.45) is 0.596. The van der Waals surface area contributed by atoms with Gasteiger partial charge in [-0.1, -0.05) is 58.8 Å². The average molecular weight is 487 g/mol. The van der Waals surface area contributed by atoms with E-state index in [2.05, 4.69) is 17.4 Å². The Morgan fingerprint density at radius 1 is 1.06 bits per heavy atom. The number of carbonyl (C=O) groups excluding carboxylic acids is 2. The van der Waals surface area contributed by atoms with Crippen molar-refractivity contribution in [2.75, 3.05) is 13.2 Å². The Balaban J connectivity index is 1.74. The molecule has 0 saturated heterocycles. The topological polar surface area (TPSA) is 99.1 Å². The van der Waals surface area contributed by atoms with Crippen molar-refractivity contribution in [2.24, 2.45) is 0 Å². The lowest BCUT2D eigenvalue weighted by Gasteiger charge is -2.45. The molecule has 0 fully saturated rings. The smallest absolute Gasteiger partial charge is 0.325 e. The zero-order valence-electron chi connectivity index (χ0n) is 20.6. The van der Waals surface area contributed by atoms with Crippen LogP contribution in [0.3, 0.4) is 0 Å². The zero-order chi connectivity index (χ0) is 25.3. The second-order valence-electron chi connectivity index (χ2n) is 9.56. The van der Waals surface area contributed by atoms with Gasteiger partial charge in [0.2, 0.25) is 0 Å². The number of nitrogens with one attached hydrogen (secondary N) is 1. The van der Waals surface area contributed by atoms with Crippen LogP contribution in [0.1, 0.15) is 48.6 Å². The number of amides is 1. The van der Waals surface area contributed by atoms with Crippen molar-refractivity contribution in [3.8, 4) is 0 Å². The van der Waals surface area contributed by atoms with Gasteiger partial charge in [-0.05, 0) is 58.2 Å². The first-order valence-corrected chi connectivity index (χ1v) is 12.7. The zero-order valence-corrected chi connectivity index (χ0v) is 21.5. The monoisotopic (exact) mass is 486 g/mol. The van der Waals surface area contributed by atoms with E-state index in [0.717, 1.165) is 21.0 Å². The summed E-state index contributed by atoms with van der Waals surface area (Å²) in [5.74, 6) is -1.09. The quantitative estimate of drug-likeness (QED) is 0.478. The van der Waals surface area contributed by atoms with Gasteiger partial charge in [0, 0.05) is 12.0 Å². The van der Waals surface area contributed by atoms with Gasteiger partial charge in [-0.2, -0.15) is 0 Å². The summed E-state index contributed by atoms with van der Waals surface area (Å²) in [6, 6.07) is 12.9. The van der Waals surface area contributed by atoms with Gasteiger partial charge in [-0.25, -0.2) is 4.31 Å². The van der Waals surface area contributed by atoms with Crippen LogP contribution in [0.25, 0.3) is 4.91 Å². The second-order valence-corrected chi connectivity index (χ2v) is 11.4. The van der Waals surface area contributed by atoms with Gasteiger partial charge in [0.15, 0.2) is 0 Å². The fourth-order valence-corrected chi connectivity index (χ4v) is 6.51. The molecule has 1 aliphatic rings. The molecule has 0 bridgehead atoms. The van der Waals surface area contributed by atoms with Crippen LogP contribution >= 0.6 is 10.8 Å². The minimum atomic E-state index is -3.60. The highest BCUT2D eigenvalue weighted by atomic mass is 32.3. The lowest BCUT2D eigenvalue weighted by atomic mass is 9.98. The van der Waals surface area contributed by atoms with Crippen molar-refractivity contribution < 1.29 is 23.4 Å². The molecule has 184 valence electrons. The maximum Gasteiger partial charge on any atom is 0.325 e. The van der Waals surface area contributed by atoms with Crippen LogP contribution in [0.5, 0.6) is 0 Å². The molecule has 0 aromatic heterocycles. The van der Waals surface area contributed by atoms with Crippen LogP contribution in [0.2, 0.25) is 0 Å². The van der Waals surface area contributed by atoms with Crippen LogP contribution < -0.4 is 5.32 Å². The molecule has 1 heterocycles. The highest BCUT2D eigenvalue weighted by Crippen LogP contribution is 2.63. The maximum atomic E-state index is 13.2. The largest absolute Gasteiger partial charge is 0.464 e. The molecular weight excluding hydrogens is 452 g/mol. The van der Waals surface area contributed by atoms with Crippen molar-refractivity contribution in [1.29, 1.82) is 0 Å². The summed E-state index contributed by atoms with van der Waals surface area (Å²) < 4.78 is 28.6. The van der Waals surface area contributed by atoms with Gasteiger partial charge in [0.25, 0.3) is 5.91 Å². The third-order valence-electron chi connectivity index (χ3n) is 5.66. The van der Waals surface area contributed by atoms with Gasteiger partial charge in [-0.3, -0.25) is 18.7 Å². The molecule has 34 heavy (non-hydrogen) atoms. The van der Waals surface area contributed by atoms with Gasteiger partial charge in [0.1, 0.15) is 17.1 Å². The summed E-state index contributed by atoms with van der Waals surface area (Å²) in [6.45, 7) is 11.3. The van der Waals surface area contributed by atoms with E-state index in [-0.39, 0.29) is 23.8 Å². The first-order chi connectivity index (χ1) is 15.8. The third-order valence-corrected chi connectivity index (χ3v) is 7.87. The minimum absolute atomic E-state index is 0.00305. The molecule has 0 unspecified atom stereocenters. The molecule has 0 aliphatic carbocycles. The molecule has 3 N–H and O–H groups in total. The summed E-state index contributed by atoms with van der Waals surface area (Å²) >= 11 is 0. The number of rotatable bonds is 7. The van der Waals surface area contributed by atoms with Gasteiger partial charge in [-0.15, -0.1) is 0 Å². The normalized spacial score (nSPS) is 16.6. The predicted molar refractivity (Wildman–Crippen MR) is 136 cm³/mol. The molecule has 1 amide bonds. The van der Waals surface area contributed by atoms with E-state index >= 15 is 0 Å². The molecule has 1 aliphatic heterocycles. The summed E-state index contributed by atoms with van der Waals surface area (Å²) in [7, 11) is -3.60. The van der Waals surface area contributed by atoms with Gasteiger partial charge < -0.3 is 10.1 Å². The molecule has 3 rings (SSSR count). The Hall–Kier alpha value is -2.81. The van der Waals surface area contributed by atoms with E-state index in [1.165, 1.54) is 5.56 Å². The number of nitrogens with zero attached hydrogens (tertiary/aromatic N) is 1. The molecule has 2 aromatic rings. The number of hydrogen-bond acceptors (Lipinski definition) is 6. The van der Waals surface area contributed by atoms with E-state index in [9.17, 15) is 18.7 Å². The molecule has 0 spiro atoms. The first kappa shape index (κ1) is 25.8. The van der Waals surface area contributed by atoms with Crippen LogP contribution in [0, 0.1) is 20.8 Å². The fourth-order valence-electron chi connectivity index (χ4n) is 4.36. The highest BCUT2D eigenvalue weighted by molar-refractivity contribution is 8.31. The number of esters is 1. The Labute approximate surface area is 203 Å². The lowest BCUT2D eigenvalue weighted by Crippen LogP contribution is -2.45. The molecule has 0 radical (unpaired) electrons. The Morgan fingerprint density at radius 2 is 1.65 bits per heavy atom. The molecular formula is C26H34N2O5S. The van der Waals surface area contributed by atoms with Gasteiger partial charge in [0.05, 0.1) is 12.1 Å². The van der Waals surface area contributed by atoms with Crippen LogP contribution in [-0.4, -0.2) is 44.0 Å². The lowest BCUT2D eigenvalue weighted by molar-refractivity contribution is -0.142. The average Bonchev–Trinajstić information content (AvgIpc) is 2.93. The van der Waals surface area contributed by atoms with Gasteiger partial charge >= 0.3 is 5.97 Å². The van der Waals surface area contributed by atoms with Crippen LogP contribution in [-0.2, 0) is 20.7 Å². The molecule has 7 nitrogen and oxygen atoms in total. The maximum absolute atomic E-state index is 13.2. The van der Waals surface area contributed by atoms with Crippen LogP contribution in [0.4, 0.5) is 0 Å². The fraction of sp³-hybridized carbons (Fsp3) is 0.385. The second kappa shape index (κ2) is 9.82. The number of aryl methyl sites for hydroxylation is 3. The summed E-state index contributed by atoms with van der Waals surface area (Å²) in [5.41, 5.74) is 4.33. The van der Waals surface area contributed by atoms with E-state index in [0.29, 0.717) is 12.0 Å². The number of carbonyl (C=O) groups is 2. The van der Waals surface area contributed by atoms with E-state index in [4.69, 9.17) is 4.74 Å². The summed E-state index contributed by atoms with van der Waals surface area (Å²) in [4.78, 5) is 25.8. The van der Waals surface area contributed by atoms with Crippen molar-refractivity contribution in [1.82, 2.24) is 9.62 Å². The van der Waals surface area contributed by atoms with Crippen molar-refractivity contribution in [3.63, 3.8) is 0 Å². The van der Waals surface area contributed by atoms with E-state index < -0.39 is 28.2 Å². The van der Waals surface area contributed by atoms with Crippen LogP contribution in [0.15, 0.2) is 48.2 Å². The predicted octanol–water partition coefficient (Wildman–Crippen LogP) is 4.96. The molecule has 8 heteroatoms. The van der Waals surface area contributed by atoms with E-state index in [1.807, 2.05) is 20.8 Å². The highest BCUT2D eigenvalue weighted by Gasteiger charge is 2.49. The number of ether oxygens (including phenoxy) is 1. The molecule has 0 atom stereocenters.